The second kappa shape index (κ2) is 3.92. The van der Waals surface area contributed by atoms with Gasteiger partial charge in [-0.25, -0.2) is 10.0 Å². The van der Waals surface area contributed by atoms with Gasteiger partial charge in [-0.15, -0.1) is 0 Å². The lowest BCUT2D eigenvalue weighted by atomic mass is 10.1. The minimum absolute atomic E-state index is 0.261. The number of halogens is 1. The number of nitrogens with zero attached hydrogens (tertiary/aromatic N) is 1. The van der Waals surface area contributed by atoms with E-state index in [1.807, 2.05) is 12.1 Å². The first kappa shape index (κ1) is 11.4. The van der Waals surface area contributed by atoms with Gasteiger partial charge in [-0.1, -0.05) is 34.4 Å². The molecule has 0 bridgehead atoms. The fourth-order valence-electron chi connectivity index (χ4n) is 2.28. The van der Waals surface area contributed by atoms with Crippen molar-refractivity contribution >= 4 is 23.2 Å². The van der Waals surface area contributed by atoms with E-state index in [-0.39, 0.29) is 12.5 Å². The summed E-state index contributed by atoms with van der Waals surface area (Å²) in [6.07, 6.45) is 0. The molecule has 0 fully saturated rings. The Kier molecular flexibility index (Phi) is 2.48. The molecule has 2 aromatic rings. The van der Waals surface area contributed by atoms with Crippen LogP contribution in [0.5, 0.6) is 0 Å². The SMILES string of the molecule is O=C1c2ccccc2C[N+]1(O)c1ccc(Cl)cc1. The molecule has 0 saturated carbocycles. The van der Waals surface area contributed by atoms with Gasteiger partial charge >= 0.3 is 5.91 Å². The topological polar surface area (TPSA) is 37.3 Å². The highest BCUT2D eigenvalue weighted by Gasteiger charge is 2.47. The summed E-state index contributed by atoms with van der Waals surface area (Å²) in [5.41, 5.74) is 1.97. The summed E-state index contributed by atoms with van der Waals surface area (Å²) in [7, 11) is 0. The van der Waals surface area contributed by atoms with Crippen molar-refractivity contribution in [2.24, 2.45) is 0 Å². The number of fused-ring (bicyclic) bond motifs is 1. The number of rotatable bonds is 1. The summed E-state index contributed by atoms with van der Waals surface area (Å²) < 4.78 is -0.712. The second-order valence-corrected chi connectivity index (χ2v) is 4.80. The maximum absolute atomic E-state index is 12.3. The highest BCUT2D eigenvalue weighted by atomic mass is 35.5. The molecule has 0 aromatic heterocycles. The molecular formula is C14H11ClNO2+. The minimum atomic E-state index is -0.712. The smallest absolute Gasteiger partial charge is 0.222 e. The molecule has 1 N–H and O–H groups in total. The molecule has 0 spiro atoms. The Balaban J connectivity index is 2.09. The molecule has 0 saturated heterocycles. The van der Waals surface area contributed by atoms with E-state index < -0.39 is 4.65 Å². The summed E-state index contributed by atoms with van der Waals surface area (Å²) in [5, 5.41) is 11.2. The van der Waals surface area contributed by atoms with Gasteiger partial charge in [-0.3, -0.25) is 0 Å². The van der Waals surface area contributed by atoms with E-state index in [2.05, 4.69) is 0 Å². The normalized spacial score (nSPS) is 22.0. The predicted molar refractivity (Wildman–Crippen MR) is 69.5 cm³/mol. The van der Waals surface area contributed by atoms with Crippen LogP contribution in [-0.2, 0) is 6.54 Å². The molecule has 90 valence electrons. The molecule has 18 heavy (non-hydrogen) atoms. The van der Waals surface area contributed by atoms with Gasteiger partial charge in [0, 0.05) is 22.7 Å². The van der Waals surface area contributed by atoms with Gasteiger partial charge in [0.05, 0.1) is 5.56 Å². The van der Waals surface area contributed by atoms with Crippen LogP contribution in [0.3, 0.4) is 0 Å². The molecule has 1 aliphatic rings. The van der Waals surface area contributed by atoms with Gasteiger partial charge < -0.3 is 0 Å². The molecule has 3 rings (SSSR count). The average molecular weight is 261 g/mol. The number of hydrogen-bond acceptors (Lipinski definition) is 2. The third-order valence-corrected chi connectivity index (χ3v) is 3.49. The molecule has 1 atom stereocenters. The molecular weight excluding hydrogens is 250 g/mol. The monoisotopic (exact) mass is 260 g/mol. The van der Waals surface area contributed by atoms with Crippen molar-refractivity contribution in [2.75, 3.05) is 0 Å². The number of carbonyl (C=O) groups is 1. The number of hydroxylamine groups is 2. The van der Waals surface area contributed by atoms with E-state index in [1.54, 1.807) is 36.4 Å². The zero-order valence-electron chi connectivity index (χ0n) is 9.51. The molecule has 0 radical (unpaired) electrons. The largest absolute Gasteiger partial charge is 0.383 e. The summed E-state index contributed by atoms with van der Waals surface area (Å²) in [6, 6.07) is 14.0. The predicted octanol–water partition coefficient (Wildman–Crippen LogP) is 3.39. The van der Waals surface area contributed by atoms with Crippen molar-refractivity contribution in [3.63, 3.8) is 0 Å². The third-order valence-electron chi connectivity index (χ3n) is 3.24. The van der Waals surface area contributed by atoms with Crippen molar-refractivity contribution < 1.29 is 10.0 Å². The number of carbonyl (C=O) groups excluding carboxylic acids is 1. The fraction of sp³-hybridized carbons (Fsp3) is 0.0714. The summed E-state index contributed by atoms with van der Waals surface area (Å²) >= 11 is 5.82. The molecule has 4 heteroatoms. The zero-order valence-corrected chi connectivity index (χ0v) is 10.3. The fourth-order valence-corrected chi connectivity index (χ4v) is 2.41. The third kappa shape index (κ3) is 1.56. The van der Waals surface area contributed by atoms with E-state index in [9.17, 15) is 10.0 Å². The van der Waals surface area contributed by atoms with Gasteiger partial charge in [0.25, 0.3) is 0 Å². The van der Waals surface area contributed by atoms with Gasteiger partial charge in [0.15, 0.2) is 5.69 Å². The first-order valence-corrected chi connectivity index (χ1v) is 5.99. The van der Waals surface area contributed by atoms with Gasteiger partial charge in [-0.05, 0) is 18.2 Å². The molecule has 0 aliphatic carbocycles. The molecule has 2 aromatic carbocycles. The maximum atomic E-state index is 12.3. The highest BCUT2D eigenvalue weighted by molar-refractivity contribution is 6.30. The van der Waals surface area contributed by atoms with Crippen LogP contribution in [0, 0.1) is 0 Å². The number of quaternary nitrogens is 1. The highest BCUT2D eigenvalue weighted by Crippen LogP contribution is 2.34. The van der Waals surface area contributed by atoms with Gasteiger partial charge in [0.2, 0.25) is 0 Å². The van der Waals surface area contributed by atoms with Gasteiger partial charge in [0.1, 0.15) is 6.54 Å². The van der Waals surface area contributed by atoms with E-state index in [0.717, 1.165) is 5.56 Å². The Bertz CT molecular complexity index is 624. The van der Waals surface area contributed by atoms with Crippen molar-refractivity contribution in [3.05, 3.63) is 64.7 Å². The molecule has 1 amide bonds. The lowest BCUT2D eigenvalue weighted by Crippen LogP contribution is -2.45. The molecule has 1 heterocycles. The van der Waals surface area contributed by atoms with Crippen molar-refractivity contribution in [1.29, 1.82) is 0 Å². The maximum Gasteiger partial charge on any atom is 0.383 e. The summed E-state index contributed by atoms with van der Waals surface area (Å²) in [6.45, 7) is 0.261. The van der Waals surface area contributed by atoms with E-state index in [1.165, 1.54) is 0 Å². The molecule has 3 nitrogen and oxygen atoms in total. The number of amides is 1. The lowest BCUT2D eigenvalue weighted by molar-refractivity contribution is -0.0503. The molecule has 1 unspecified atom stereocenters. The second-order valence-electron chi connectivity index (χ2n) is 4.37. The zero-order chi connectivity index (χ0) is 12.8. The van der Waals surface area contributed by atoms with Crippen LogP contribution in [0.1, 0.15) is 15.9 Å². The number of hydrogen-bond donors (Lipinski definition) is 1. The Morgan fingerprint density at radius 1 is 1.06 bits per heavy atom. The minimum Gasteiger partial charge on any atom is -0.222 e. The Morgan fingerprint density at radius 3 is 2.39 bits per heavy atom. The Labute approximate surface area is 109 Å². The first-order valence-electron chi connectivity index (χ1n) is 5.61. The number of benzene rings is 2. The van der Waals surface area contributed by atoms with Crippen LogP contribution in [0.2, 0.25) is 5.02 Å². The summed E-state index contributed by atoms with van der Waals surface area (Å²) in [4.78, 5) is 12.3. The van der Waals surface area contributed by atoms with Crippen LogP contribution < -0.4 is 4.65 Å². The van der Waals surface area contributed by atoms with E-state index in [0.29, 0.717) is 16.3 Å². The quantitative estimate of drug-likeness (QED) is 0.630. The Hall–Kier alpha value is -1.68. The van der Waals surface area contributed by atoms with Crippen molar-refractivity contribution in [1.82, 2.24) is 4.65 Å². The standard InChI is InChI=1S/C14H11ClNO2/c15-11-5-7-12(8-6-11)16(18)9-10-3-1-2-4-13(10)14(16)17/h1-8,18H,9H2/q+1. The lowest BCUT2D eigenvalue weighted by Gasteiger charge is -2.21. The van der Waals surface area contributed by atoms with E-state index >= 15 is 0 Å². The van der Waals surface area contributed by atoms with Crippen LogP contribution in [0.15, 0.2) is 48.5 Å². The van der Waals surface area contributed by atoms with Crippen LogP contribution in [0.25, 0.3) is 0 Å². The average Bonchev–Trinajstić information content (AvgIpc) is 2.64. The van der Waals surface area contributed by atoms with E-state index in [4.69, 9.17) is 11.6 Å². The van der Waals surface area contributed by atoms with Crippen LogP contribution in [0.4, 0.5) is 5.69 Å². The van der Waals surface area contributed by atoms with Crippen LogP contribution >= 0.6 is 11.6 Å². The van der Waals surface area contributed by atoms with Crippen molar-refractivity contribution in [2.45, 2.75) is 6.54 Å². The first-order chi connectivity index (χ1) is 8.61. The van der Waals surface area contributed by atoms with Gasteiger partial charge in [-0.2, -0.15) is 0 Å². The van der Waals surface area contributed by atoms with Crippen LogP contribution in [-0.4, -0.2) is 11.1 Å². The molecule has 1 aliphatic heterocycles. The van der Waals surface area contributed by atoms with Crippen molar-refractivity contribution in [3.8, 4) is 0 Å². The summed E-state index contributed by atoms with van der Waals surface area (Å²) in [5.74, 6) is -0.298. The Morgan fingerprint density at radius 2 is 1.72 bits per heavy atom.